The highest BCUT2D eigenvalue weighted by molar-refractivity contribution is 6.76. The van der Waals surface area contributed by atoms with Gasteiger partial charge in [-0.1, -0.05) is 34.8 Å². The molecule has 1 saturated carbocycles. The van der Waals surface area contributed by atoms with Crippen molar-refractivity contribution in [3.05, 3.63) is 11.8 Å². The summed E-state index contributed by atoms with van der Waals surface area (Å²) in [4.78, 5) is 37.6. The number of allylic oxidation sites excluding steroid dienone is 1. The highest BCUT2D eigenvalue weighted by Gasteiger charge is 2.38. The fraction of sp³-hybridized carbons (Fsp3) is 0.737. The second kappa shape index (κ2) is 9.68. The molecule has 28 heavy (non-hydrogen) atoms. The third-order valence-corrected chi connectivity index (χ3v) is 6.30. The number of halogens is 3. The summed E-state index contributed by atoms with van der Waals surface area (Å²) in [6.45, 7) is 0. The second-order valence-electron chi connectivity index (χ2n) is 7.52. The molecule has 0 N–H and O–H groups in total. The third kappa shape index (κ3) is 5.77. The Kier molecular flexibility index (Phi) is 8.06. The molecule has 2 amide bonds. The zero-order chi connectivity index (χ0) is 21.1. The minimum absolute atomic E-state index is 0.0486. The van der Waals surface area contributed by atoms with Crippen molar-refractivity contribution in [1.29, 1.82) is 0 Å². The highest BCUT2D eigenvalue weighted by Crippen LogP contribution is 2.32. The number of methoxy groups -OCH3 is 1. The zero-order valence-corrected chi connectivity index (χ0v) is 18.7. The molecule has 9 heteroatoms. The molecule has 2 bridgehead atoms. The number of hydrogen-bond acceptors (Lipinski definition) is 4. The summed E-state index contributed by atoms with van der Waals surface area (Å²) in [5.74, 6) is 0.951. The first-order valence-electron chi connectivity index (χ1n) is 9.40. The van der Waals surface area contributed by atoms with Crippen molar-refractivity contribution < 1.29 is 19.1 Å². The van der Waals surface area contributed by atoms with Gasteiger partial charge in [-0.05, 0) is 31.8 Å². The molecule has 0 aromatic carbocycles. The standard InChI is InChI=1S/C10H14Cl3NO2.C9H13NO2/c1-14(9(15)10(11,12)13)7-3-5-8(16-2)6-4-7;1-10-7-2-3-8(11)6(4-7)5-9(10)12/h5,7H,3-4,6H2,1-2H3;6-7H,2-5H2,1H3. The summed E-state index contributed by atoms with van der Waals surface area (Å²) >= 11 is 16.7. The summed E-state index contributed by atoms with van der Waals surface area (Å²) in [5, 5.41) is 0. The van der Waals surface area contributed by atoms with Gasteiger partial charge in [-0.25, -0.2) is 0 Å². The van der Waals surface area contributed by atoms with Crippen LogP contribution in [0.2, 0.25) is 0 Å². The van der Waals surface area contributed by atoms with Gasteiger partial charge in [0.25, 0.3) is 9.70 Å². The topological polar surface area (TPSA) is 66.9 Å². The fourth-order valence-corrected chi connectivity index (χ4v) is 4.30. The van der Waals surface area contributed by atoms with Gasteiger partial charge in [0.2, 0.25) is 5.91 Å². The molecule has 3 rings (SSSR count). The van der Waals surface area contributed by atoms with Crippen LogP contribution < -0.4 is 0 Å². The molecule has 3 aliphatic rings. The molecule has 2 aliphatic carbocycles. The number of alkyl halides is 3. The van der Waals surface area contributed by atoms with Crippen LogP contribution in [0.1, 0.15) is 44.9 Å². The minimum Gasteiger partial charge on any atom is -0.501 e. The normalized spacial score (nSPS) is 27.4. The first-order chi connectivity index (χ1) is 13.0. The lowest BCUT2D eigenvalue weighted by Crippen LogP contribution is -2.48. The molecule has 0 aromatic rings. The van der Waals surface area contributed by atoms with Crippen LogP contribution in [-0.2, 0) is 19.1 Å². The van der Waals surface area contributed by atoms with Crippen LogP contribution in [0.3, 0.4) is 0 Å². The van der Waals surface area contributed by atoms with E-state index >= 15 is 0 Å². The molecule has 6 nitrogen and oxygen atoms in total. The number of fused-ring (bicyclic) bond motifs is 2. The van der Waals surface area contributed by atoms with E-state index in [1.54, 1.807) is 14.2 Å². The van der Waals surface area contributed by atoms with Gasteiger partial charge in [0, 0.05) is 51.4 Å². The van der Waals surface area contributed by atoms with Crippen molar-refractivity contribution in [2.75, 3.05) is 21.2 Å². The van der Waals surface area contributed by atoms with E-state index in [4.69, 9.17) is 39.5 Å². The first kappa shape index (κ1) is 23.3. The van der Waals surface area contributed by atoms with Crippen molar-refractivity contribution in [3.63, 3.8) is 0 Å². The predicted octanol–water partition coefficient (Wildman–Crippen LogP) is 3.48. The number of rotatable bonds is 2. The Morgan fingerprint density at radius 1 is 1.25 bits per heavy atom. The number of ether oxygens (including phenoxy) is 1. The average Bonchev–Trinajstić information content (AvgIpc) is 2.67. The second-order valence-corrected chi connectivity index (χ2v) is 9.80. The summed E-state index contributed by atoms with van der Waals surface area (Å²) in [6.07, 6.45) is 7.22. The lowest BCUT2D eigenvalue weighted by molar-refractivity contribution is -0.144. The van der Waals surface area contributed by atoms with Crippen LogP contribution in [0, 0.1) is 5.92 Å². The smallest absolute Gasteiger partial charge is 0.274 e. The molecular formula is C19H27Cl3N2O4. The maximum Gasteiger partial charge on any atom is 0.274 e. The SMILES string of the molecule is CN1C(=O)CC2CC1CCC2=O.COC1=CCC(N(C)C(=O)C(Cl)(Cl)Cl)CC1. The van der Waals surface area contributed by atoms with Gasteiger partial charge >= 0.3 is 0 Å². The van der Waals surface area contributed by atoms with Crippen molar-refractivity contribution in [2.24, 2.45) is 5.92 Å². The zero-order valence-electron chi connectivity index (χ0n) is 16.4. The predicted molar refractivity (Wildman–Crippen MR) is 109 cm³/mol. The monoisotopic (exact) mass is 452 g/mol. The quantitative estimate of drug-likeness (QED) is 0.600. The molecule has 2 fully saturated rings. The van der Waals surface area contributed by atoms with E-state index in [1.165, 1.54) is 4.90 Å². The number of hydrogen-bond donors (Lipinski definition) is 0. The van der Waals surface area contributed by atoms with Crippen LogP contribution >= 0.6 is 34.8 Å². The van der Waals surface area contributed by atoms with Gasteiger partial charge in [0.05, 0.1) is 12.9 Å². The van der Waals surface area contributed by atoms with Crippen molar-refractivity contribution in [2.45, 2.75) is 60.8 Å². The van der Waals surface area contributed by atoms with Crippen LogP contribution in [0.25, 0.3) is 0 Å². The van der Waals surface area contributed by atoms with E-state index < -0.39 is 9.70 Å². The third-order valence-electron chi connectivity index (χ3n) is 5.81. The first-order valence-corrected chi connectivity index (χ1v) is 10.5. The van der Waals surface area contributed by atoms with E-state index in [1.807, 2.05) is 18.0 Å². The number of amides is 2. The molecule has 0 spiro atoms. The van der Waals surface area contributed by atoms with E-state index in [2.05, 4.69) is 0 Å². The van der Waals surface area contributed by atoms with Gasteiger partial charge < -0.3 is 14.5 Å². The van der Waals surface area contributed by atoms with Crippen LogP contribution in [0.4, 0.5) is 0 Å². The molecule has 1 aliphatic heterocycles. The molecule has 0 radical (unpaired) electrons. The average molecular weight is 454 g/mol. The summed E-state index contributed by atoms with van der Waals surface area (Å²) in [5.41, 5.74) is 0. The summed E-state index contributed by atoms with van der Waals surface area (Å²) < 4.78 is 3.25. The van der Waals surface area contributed by atoms with Gasteiger partial charge in [-0.3, -0.25) is 14.4 Å². The van der Waals surface area contributed by atoms with Crippen molar-refractivity contribution in [1.82, 2.24) is 9.80 Å². The Balaban J connectivity index is 0.000000207. The number of Topliss-reactive ketones (excluding diaryl/α,β-unsaturated/α-hetero) is 1. The number of carbonyl (C=O) groups is 3. The number of nitrogens with zero attached hydrogens (tertiary/aromatic N) is 2. The van der Waals surface area contributed by atoms with E-state index in [0.717, 1.165) is 37.9 Å². The number of carbonyl (C=O) groups excluding carboxylic acids is 3. The van der Waals surface area contributed by atoms with Gasteiger partial charge in [-0.2, -0.15) is 0 Å². The number of piperidine rings is 1. The summed E-state index contributed by atoms with van der Waals surface area (Å²) in [6, 6.07) is 0.413. The minimum atomic E-state index is -1.88. The Morgan fingerprint density at radius 2 is 1.93 bits per heavy atom. The lowest BCUT2D eigenvalue weighted by atomic mass is 9.79. The Bertz CT molecular complexity index is 648. The number of ketones is 1. The largest absolute Gasteiger partial charge is 0.501 e. The molecular weight excluding hydrogens is 427 g/mol. The molecule has 1 saturated heterocycles. The lowest BCUT2D eigenvalue weighted by Gasteiger charge is -2.39. The van der Waals surface area contributed by atoms with Gasteiger partial charge in [-0.15, -0.1) is 0 Å². The van der Waals surface area contributed by atoms with Crippen molar-refractivity contribution >= 4 is 52.4 Å². The Morgan fingerprint density at radius 3 is 2.46 bits per heavy atom. The molecule has 3 unspecified atom stereocenters. The van der Waals surface area contributed by atoms with E-state index in [9.17, 15) is 14.4 Å². The Labute approximate surface area is 181 Å². The van der Waals surface area contributed by atoms with Gasteiger partial charge in [0.15, 0.2) is 0 Å². The molecule has 3 atom stereocenters. The van der Waals surface area contributed by atoms with E-state index in [0.29, 0.717) is 24.7 Å². The molecule has 0 aromatic heterocycles. The number of likely N-dealkylation sites (tertiary alicyclic amines) is 1. The van der Waals surface area contributed by atoms with Crippen LogP contribution in [0.5, 0.6) is 0 Å². The fourth-order valence-electron chi connectivity index (χ4n) is 3.90. The van der Waals surface area contributed by atoms with Crippen molar-refractivity contribution in [3.8, 4) is 0 Å². The van der Waals surface area contributed by atoms with Crippen LogP contribution in [0.15, 0.2) is 11.8 Å². The van der Waals surface area contributed by atoms with E-state index in [-0.39, 0.29) is 17.9 Å². The highest BCUT2D eigenvalue weighted by atomic mass is 35.6. The van der Waals surface area contributed by atoms with Crippen LogP contribution in [-0.4, -0.2) is 64.5 Å². The summed E-state index contributed by atoms with van der Waals surface area (Å²) in [7, 11) is 5.14. The Hall–Kier alpha value is -0.980. The molecule has 1 heterocycles. The molecule has 158 valence electrons. The van der Waals surface area contributed by atoms with Gasteiger partial charge in [0.1, 0.15) is 5.78 Å². The maximum atomic E-state index is 11.7. The maximum absolute atomic E-state index is 11.7.